The average molecular weight is 409 g/mol. The number of carbonyl (C=O) groups is 2. The van der Waals surface area contributed by atoms with E-state index in [0.29, 0.717) is 10.6 Å². The van der Waals surface area contributed by atoms with Crippen molar-refractivity contribution in [1.82, 2.24) is 5.32 Å². The Morgan fingerprint density at radius 2 is 1.96 bits per heavy atom. The molecule has 2 aromatic rings. The number of carbonyl (C=O) groups excluding carboxylic acids is 2. The molecule has 0 saturated heterocycles. The highest BCUT2D eigenvalue weighted by molar-refractivity contribution is 6.36. The van der Waals surface area contributed by atoms with Gasteiger partial charge in [0, 0.05) is 17.2 Å². The number of rotatable bonds is 6. The second-order valence-corrected chi connectivity index (χ2v) is 6.05. The highest BCUT2D eigenvalue weighted by Gasteiger charge is 2.18. The second-order valence-electron chi connectivity index (χ2n) is 5.21. The van der Waals surface area contributed by atoms with Crippen LogP contribution in [0.4, 0.5) is 5.69 Å². The lowest BCUT2D eigenvalue weighted by atomic mass is 10.1. The third kappa shape index (κ3) is 5.54. The van der Waals surface area contributed by atoms with Crippen LogP contribution in [0.5, 0.6) is 0 Å². The zero-order valence-electron chi connectivity index (χ0n) is 14.1. The normalized spacial score (nSPS) is 11.0. The number of hydrogen-bond acceptors (Lipinski definition) is 5. The maximum atomic E-state index is 12.5. The first-order valence-electron chi connectivity index (χ1n) is 7.71. The Kier molecular flexibility index (Phi) is 6.92. The zero-order chi connectivity index (χ0) is 20.0. The third-order valence-corrected chi connectivity index (χ3v) is 3.86. The quantitative estimate of drug-likeness (QED) is 0.333. The Labute approximate surface area is 164 Å². The molecule has 0 spiro atoms. The van der Waals surface area contributed by atoms with Crippen LogP contribution in [0.15, 0.2) is 48.2 Å². The molecule has 140 valence electrons. The topological polar surface area (TPSA) is 98.5 Å². The van der Waals surface area contributed by atoms with Gasteiger partial charge in [-0.3, -0.25) is 14.9 Å². The van der Waals surface area contributed by atoms with Gasteiger partial charge in [-0.2, -0.15) is 0 Å². The number of ether oxygens (including phenoxy) is 1. The van der Waals surface area contributed by atoms with Crippen molar-refractivity contribution in [3.63, 3.8) is 0 Å². The van der Waals surface area contributed by atoms with Gasteiger partial charge in [-0.15, -0.1) is 0 Å². The summed E-state index contributed by atoms with van der Waals surface area (Å²) in [5.41, 5.74) is 0.109. The predicted molar refractivity (Wildman–Crippen MR) is 102 cm³/mol. The van der Waals surface area contributed by atoms with Crippen molar-refractivity contribution in [3.05, 3.63) is 79.4 Å². The lowest BCUT2D eigenvalue weighted by Gasteiger charge is -2.10. The number of esters is 1. The summed E-state index contributed by atoms with van der Waals surface area (Å²) in [4.78, 5) is 35.0. The number of nitro benzene ring substituents is 1. The fourth-order valence-corrected chi connectivity index (χ4v) is 2.61. The molecule has 0 aliphatic carbocycles. The van der Waals surface area contributed by atoms with Gasteiger partial charge in [-0.25, -0.2) is 4.79 Å². The highest BCUT2D eigenvalue weighted by Crippen LogP contribution is 2.21. The maximum absolute atomic E-state index is 12.5. The minimum Gasteiger partial charge on any atom is -0.461 e. The molecule has 0 bridgehead atoms. The van der Waals surface area contributed by atoms with Gasteiger partial charge in [0.05, 0.1) is 22.1 Å². The first-order chi connectivity index (χ1) is 12.8. The minimum atomic E-state index is -0.789. The van der Waals surface area contributed by atoms with Gasteiger partial charge in [0.15, 0.2) is 0 Å². The Morgan fingerprint density at radius 3 is 2.59 bits per heavy atom. The molecule has 0 saturated carbocycles. The summed E-state index contributed by atoms with van der Waals surface area (Å²) in [6, 6.07) is 9.88. The maximum Gasteiger partial charge on any atom is 0.354 e. The number of nitrogens with zero attached hydrogens (tertiary/aromatic N) is 1. The molecule has 0 atom stereocenters. The molecule has 0 heterocycles. The fourth-order valence-electron chi connectivity index (χ4n) is 2.11. The molecule has 0 aliphatic rings. The molecule has 0 unspecified atom stereocenters. The summed E-state index contributed by atoms with van der Waals surface area (Å²) < 4.78 is 4.93. The first kappa shape index (κ1) is 20.4. The van der Waals surface area contributed by atoms with Crippen molar-refractivity contribution < 1.29 is 19.2 Å². The van der Waals surface area contributed by atoms with E-state index in [9.17, 15) is 19.7 Å². The van der Waals surface area contributed by atoms with Gasteiger partial charge >= 0.3 is 5.97 Å². The van der Waals surface area contributed by atoms with Crippen LogP contribution < -0.4 is 5.32 Å². The zero-order valence-corrected chi connectivity index (χ0v) is 15.6. The molecule has 0 aliphatic heterocycles. The fraction of sp³-hybridized carbons (Fsp3) is 0.111. The number of halogens is 2. The van der Waals surface area contributed by atoms with Crippen LogP contribution in [0.3, 0.4) is 0 Å². The van der Waals surface area contributed by atoms with E-state index in [1.54, 1.807) is 13.0 Å². The molecule has 27 heavy (non-hydrogen) atoms. The van der Waals surface area contributed by atoms with E-state index in [4.69, 9.17) is 27.9 Å². The van der Waals surface area contributed by atoms with E-state index in [0.717, 1.165) is 0 Å². The molecule has 0 fully saturated rings. The van der Waals surface area contributed by atoms with Crippen molar-refractivity contribution >= 4 is 46.8 Å². The Morgan fingerprint density at radius 1 is 1.22 bits per heavy atom. The lowest BCUT2D eigenvalue weighted by Crippen LogP contribution is -2.28. The Bertz CT molecular complexity index is 928. The van der Waals surface area contributed by atoms with E-state index in [1.165, 1.54) is 42.5 Å². The molecular weight excluding hydrogens is 395 g/mol. The number of nitro groups is 1. The molecule has 2 aromatic carbocycles. The molecule has 1 amide bonds. The molecule has 0 radical (unpaired) electrons. The van der Waals surface area contributed by atoms with E-state index in [2.05, 4.69) is 5.32 Å². The Hall–Kier alpha value is -2.90. The summed E-state index contributed by atoms with van der Waals surface area (Å²) in [6.07, 6.45) is 1.28. The SMILES string of the molecule is CCOC(=O)/C(=C/c1cccc([N+](=O)[O-])c1)NC(=O)c1ccc(Cl)cc1Cl. The largest absolute Gasteiger partial charge is 0.461 e. The van der Waals surface area contributed by atoms with Crippen LogP contribution in [0, 0.1) is 10.1 Å². The minimum absolute atomic E-state index is 0.0860. The number of non-ortho nitro benzene ring substituents is 1. The van der Waals surface area contributed by atoms with Crippen LogP contribution >= 0.6 is 23.2 Å². The van der Waals surface area contributed by atoms with Gasteiger partial charge in [0.1, 0.15) is 5.70 Å². The monoisotopic (exact) mass is 408 g/mol. The molecule has 2 rings (SSSR count). The summed E-state index contributed by atoms with van der Waals surface area (Å²) in [6.45, 7) is 1.70. The molecule has 9 heteroatoms. The van der Waals surface area contributed by atoms with Crippen molar-refractivity contribution in [2.24, 2.45) is 0 Å². The van der Waals surface area contributed by atoms with Crippen molar-refractivity contribution in [1.29, 1.82) is 0 Å². The third-order valence-electron chi connectivity index (χ3n) is 3.31. The number of benzene rings is 2. The summed E-state index contributed by atoms with van der Waals surface area (Å²) >= 11 is 11.8. The van der Waals surface area contributed by atoms with E-state index in [-0.39, 0.29) is 28.6 Å². The summed E-state index contributed by atoms with van der Waals surface area (Å²) in [5, 5.41) is 13.8. The van der Waals surface area contributed by atoms with Crippen LogP contribution in [-0.4, -0.2) is 23.4 Å². The average Bonchev–Trinajstić information content (AvgIpc) is 2.61. The van der Waals surface area contributed by atoms with Gasteiger partial charge in [0.2, 0.25) is 0 Å². The molecule has 1 N–H and O–H groups in total. The second kappa shape index (κ2) is 9.16. The smallest absolute Gasteiger partial charge is 0.354 e. The number of hydrogen-bond donors (Lipinski definition) is 1. The Balaban J connectivity index is 2.37. The van der Waals surface area contributed by atoms with Crippen LogP contribution in [0.1, 0.15) is 22.8 Å². The van der Waals surface area contributed by atoms with Crippen molar-refractivity contribution in [3.8, 4) is 0 Å². The standard InChI is InChI=1S/C18H14Cl2N2O5/c1-2-27-18(24)16(9-11-4-3-5-13(8-11)22(25)26)21-17(23)14-7-6-12(19)10-15(14)20/h3-10H,2H2,1H3,(H,21,23)/b16-9-. The molecule has 7 nitrogen and oxygen atoms in total. The summed E-state index contributed by atoms with van der Waals surface area (Å²) in [7, 11) is 0. The number of nitrogens with one attached hydrogen (secondary N) is 1. The van der Waals surface area contributed by atoms with Gasteiger partial charge < -0.3 is 10.1 Å². The summed E-state index contributed by atoms with van der Waals surface area (Å²) in [5.74, 6) is -1.44. The van der Waals surface area contributed by atoms with Crippen molar-refractivity contribution in [2.45, 2.75) is 6.92 Å². The lowest BCUT2D eigenvalue weighted by molar-refractivity contribution is -0.384. The first-order valence-corrected chi connectivity index (χ1v) is 8.47. The highest BCUT2D eigenvalue weighted by atomic mass is 35.5. The van der Waals surface area contributed by atoms with E-state index in [1.807, 2.05) is 0 Å². The predicted octanol–water partition coefficient (Wildman–Crippen LogP) is 4.24. The van der Waals surface area contributed by atoms with Gasteiger partial charge in [-0.1, -0.05) is 35.3 Å². The molecule has 0 aromatic heterocycles. The van der Waals surface area contributed by atoms with E-state index < -0.39 is 16.8 Å². The van der Waals surface area contributed by atoms with Crippen LogP contribution in [0.25, 0.3) is 6.08 Å². The van der Waals surface area contributed by atoms with E-state index >= 15 is 0 Å². The van der Waals surface area contributed by atoms with Crippen molar-refractivity contribution in [2.75, 3.05) is 6.61 Å². The number of amides is 1. The van der Waals surface area contributed by atoms with Crippen LogP contribution in [-0.2, 0) is 9.53 Å². The van der Waals surface area contributed by atoms with Gasteiger partial charge in [0.25, 0.3) is 11.6 Å². The molecular formula is C18H14Cl2N2O5. The van der Waals surface area contributed by atoms with Crippen LogP contribution in [0.2, 0.25) is 10.0 Å². The van der Waals surface area contributed by atoms with Gasteiger partial charge in [-0.05, 0) is 36.8 Å².